The zero-order valence-electron chi connectivity index (χ0n) is 18.6. The van der Waals surface area contributed by atoms with E-state index >= 15 is 0 Å². The van der Waals surface area contributed by atoms with E-state index in [0.717, 1.165) is 17.1 Å². The zero-order valence-corrected chi connectivity index (χ0v) is 19.4. The van der Waals surface area contributed by atoms with Crippen molar-refractivity contribution < 1.29 is 13.2 Å². The summed E-state index contributed by atoms with van der Waals surface area (Å²) >= 11 is 0. The third-order valence-electron chi connectivity index (χ3n) is 5.25. The van der Waals surface area contributed by atoms with Crippen molar-refractivity contribution >= 4 is 27.3 Å². The Kier molecular flexibility index (Phi) is 6.02. The van der Waals surface area contributed by atoms with Crippen molar-refractivity contribution in [1.82, 2.24) is 9.78 Å². The molecule has 1 aromatic heterocycles. The average molecular weight is 461 g/mol. The van der Waals surface area contributed by atoms with Gasteiger partial charge in [0.05, 0.1) is 22.0 Å². The fourth-order valence-corrected chi connectivity index (χ4v) is 4.76. The molecule has 7 nitrogen and oxygen atoms in total. The van der Waals surface area contributed by atoms with Crippen LogP contribution in [0, 0.1) is 13.8 Å². The van der Waals surface area contributed by atoms with E-state index in [2.05, 4.69) is 10.4 Å². The number of carbonyl (C=O) groups is 1. The minimum atomic E-state index is -3.78. The quantitative estimate of drug-likeness (QED) is 0.457. The lowest BCUT2D eigenvalue weighted by Gasteiger charge is -2.20. The van der Waals surface area contributed by atoms with Gasteiger partial charge < -0.3 is 5.32 Å². The highest BCUT2D eigenvalue weighted by Crippen LogP contribution is 2.24. The summed E-state index contributed by atoms with van der Waals surface area (Å²) in [5.74, 6) is -0.333. The minimum absolute atomic E-state index is 0.0894. The van der Waals surface area contributed by atoms with Gasteiger partial charge in [0.15, 0.2) is 0 Å². The van der Waals surface area contributed by atoms with E-state index < -0.39 is 10.0 Å². The lowest BCUT2D eigenvalue weighted by Crippen LogP contribution is -2.26. The summed E-state index contributed by atoms with van der Waals surface area (Å²) in [7, 11) is -2.28. The largest absolute Gasteiger partial charge is 0.322 e. The van der Waals surface area contributed by atoms with E-state index in [1.807, 2.05) is 42.8 Å². The highest BCUT2D eigenvalue weighted by molar-refractivity contribution is 7.92. The van der Waals surface area contributed by atoms with Crippen LogP contribution in [0.2, 0.25) is 0 Å². The molecule has 4 aromatic rings. The van der Waals surface area contributed by atoms with Gasteiger partial charge in [0, 0.05) is 24.0 Å². The summed E-state index contributed by atoms with van der Waals surface area (Å²) in [6.07, 6.45) is 0. The van der Waals surface area contributed by atoms with Crippen LogP contribution in [0.3, 0.4) is 0 Å². The van der Waals surface area contributed by atoms with Gasteiger partial charge in [0.2, 0.25) is 0 Å². The standard InChI is InChI=1S/C25H24N4O3S/c1-18-16-19(2)29(27-18)23-14-12-20(13-15-23)25(30)26-21-8-7-11-24(17-21)33(31,32)28(3)22-9-5-4-6-10-22/h4-17H,1-3H3,(H,26,30). The molecule has 1 N–H and O–H groups in total. The molecule has 0 unspecified atom stereocenters. The molecule has 0 atom stereocenters. The van der Waals surface area contributed by atoms with Gasteiger partial charge in [0.25, 0.3) is 15.9 Å². The minimum Gasteiger partial charge on any atom is -0.322 e. The number of nitrogens with one attached hydrogen (secondary N) is 1. The highest BCUT2D eigenvalue weighted by Gasteiger charge is 2.21. The second kappa shape index (κ2) is 8.91. The molecule has 0 saturated carbocycles. The van der Waals surface area contributed by atoms with Crippen molar-refractivity contribution in [2.45, 2.75) is 18.7 Å². The van der Waals surface area contributed by atoms with Gasteiger partial charge in [0.1, 0.15) is 0 Å². The van der Waals surface area contributed by atoms with Crippen molar-refractivity contribution in [3.63, 3.8) is 0 Å². The van der Waals surface area contributed by atoms with Gasteiger partial charge in [-0.25, -0.2) is 13.1 Å². The van der Waals surface area contributed by atoms with Gasteiger partial charge in [-0.15, -0.1) is 0 Å². The lowest BCUT2D eigenvalue weighted by atomic mass is 10.2. The predicted molar refractivity (Wildman–Crippen MR) is 129 cm³/mol. The Morgan fingerprint density at radius 3 is 2.24 bits per heavy atom. The van der Waals surface area contributed by atoms with Gasteiger partial charge in [-0.3, -0.25) is 9.10 Å². The van der Waals surface area contributed by atoms with Crippen LogP contribution in [-0.4, -0.2) is 31.2 Å². The second-order valence-corrected chi connectivity index (χ2v) is 9.65. The Labute approximate surface area is 193 Å². The van der Waals surface area contributed by atoms with Crippen LogP contribution in [-0.2, 0) is 10.0 Å². The Hall–Kier alpha value is -3.91. The number of aromatic nitrogens is 2. The normalized spacial score (nSPS) is 11.2. The molecule has 33 heavy (non-hydrogen) atoms. The molecule has 0 aliphatic heterocycles. The molecule has 3 aromatic carbocycles. The molecule has 1 heterocycles. The third kappa shape index (κ3) is 4.65. The molecular weight excluding hydrogens is 436 g/mol. The number of aryl methyl sites for hydroxylation is 2. The summed E-state index contributed by atoms with van der Waals surface area (Å²) in [5, 5.41) is 7.23. The monoisotopic (exact) mass is 460 g/mol. The maximum Gasteiger partial charge on any atom is 0.264 e. The summed E-state index contributed by atoms with van der Waals surface area (Å²) in [4.78, 5) is 12.8. The summed E-state index contributed by atoms with van der Waals surface area (Å²) in [6.45, 7) is 3.90. The van der Waals surface area contributed by atoms with E-state index in [1.54, 1.807) is 48.5 Å². The maximum atomic E-state index is 13.0. The Morgan fingerprint density at radius 2 is 1.61 bits per heavy atom. The number of para-hydroxylation sites is 1. The first-order valence-corrected chi connectivity index (χ1v) is 11.8. The van der Waals surface area contributed by atoms with Crippen LogP contribution < -0.4 is 9.62 Å². The topological polar surface area (TPSA) is 84.3 Å². The Balaban J connectivity index is 1.52. The first kappa shape index (κ1) is 22.3. The highest BCUT2D eigenvalue weighted by atomic mass is 32.2. The van der Waals surface area contributed by atoms with Crippen molar-refractivity contribution in [2.75, 3.05) is 16.7 Å². The van der Waals surface area contributed by atoms with E-state index in [4.69, 9.17) is 0 Å². The van der Waals surface area contributed by atoms with Gasteiger partial charge >= 0.3 is 0 Å². The molecule has 1 amide bonds. The second-order valence-electron chi connectivity index (χ2n) is 7.68. The zero-order chi connectivity index (χ0) is 23.6. The number of amides is 1. The van der Waals surface area contributed by atoms with Crippen molar-refractivity contribution in [3.8, 4) is 5.69 Å². The van der Waals surface area contributed by atoms with E-state index in [0.29, 0.717) is 16.9 Å². The molecule has 0 aliphatic carbocycles. The van der Waals surface area contributed by atoms with Gasteiger partial charge in [-0.1, -0.05) is 24.3 Å². The van der Waals surface area contributed by atoms with E-state index in [9.17, 15) is 13.2 Å². The molecule has 0 radical (unpaired) electrons. The smallest absolute Gasteiger partial charge is 0.264 e. The van der Waals surface area contributed by atoms with Crippen molar-refractivity contribution in [3.05, 3.63) is 102 Å². The molecule has 4 rings (SSSR count). The molecule has 0 fully saturated rings. The first-order valence-electron chi connectivity index (χ1n) is 10.3. The van der Waals surface area contributed by atoms with Gasteiger partial charge in [-0.05, 0) is 74.5 Å². The van der Waals surface area contributed by atoms with Crippen LogP contribution in [0.5, 0.6) is 0 Å². The summed E-state index contributed by atoms with van der Waals surface area (Å²) in [6, 6.07) is 24.1. The SMILES string of the molecule is Cc1cc(C)n(-c2ccc(C(=O)Nc3cccc(S(=O)(=O)N(C)c4ccccc4)c3)cc2)n1. The molecule has 0 bridgehead atoms. The average Bonchev–Trinajstić information content (AvgIpc) is 3.17. The number of anilines is 2. The van der Waals surface area contributed by atoms with Crippen molar-refractivity contribution in [1.29, 1.82) is 0 Å². The molecule has 0 spiro atoms. The van der Waals surface area contributed by atoms with Crippen LogP contribution in [0.1, 0.15) is 21.7 Å². The number of benzene rings is 3. The number of hydrogen-bond donors (Lipinski definition) is 1. The number of rotatable bonds is 6. The molecule has 8 heteroatoms. The Morgan fingerprint density at radius 1 is 0.909 bits per heavy atom. The van der Waals surface area contributed by atoms with Crippen LogP contribution in [0.4, 0.5) is 11.4 Å². The molecule has 168 valence electrons. The summed E-state index contributed by atoms with van der Waals surface area (Å²) in [5.41, 5.74) is 4.18. The lowest BCUT2D eigenvalue weighted by molar-refractivity contribution is 0.102. The van der Waals surface area contributed by atoms with Crippen LogP contribution >= 0.6 is 0 Å². The maximum absolute atomic E-state index is 13.0. The fraction of sp³-hybridized carbons (Fsp3) is 0.120. The predicted octanol–water partition coefficient (Wildman–Crippen LogP) is 4.57. The molecule has 0 saturated heterocycles. The number of hydrogen-bond acceptors (Lipinski definition) is 4. The van der Waals surface area contributed by atoms with E-state index in [-0.39, 0.29) is 10.8 Å². The van der Waals surface area contributed by atoms with E-state index in [1.165, 1.54) is 23.5 Å². The Bertz CT molecular complexity index is 1400. The number of nitrogens with zero attached hydrogens (tertiary/aromatic N) is 3. The fourth-order valence-electron chi connectivity index (χ4n) is 3.52. The first-order chi connectivity index (χ1) is 15.8. The van der Waals surface area contributed by atoms with Gasteiger partial charge in [-0.2, -0.15) is 5.10 Å². The third-order valence-corrected chi connectivity index (χ3v) is 7.04. The molecule has 0 aliphatic rings. The number of sulfonamides is 1. The van der Waals surface area contributed by atoms with Crippen LogP contribution in [0.15, 0.2) is 89.8 Å². The van der Waals surface area contributed by atoms with Crippen molar-refractivity contribution in [2.24, 2.45) is 0 Å². The summed E-state index contributed by atoms with van der Waals surface area (Å²) < 4.78 is 29.1. The van der Waals surface area contributed by atoms with Crippen LogP contribution in [0.25, 0.3) is 5.69 Å². The molecular formula is C25H24N4O3S. The number of carbonyl (C=O) groups excluding carboxylic acids is 1.